The molecule has 1 N–H and O–H groups in total. The van der Waals surface area contributed by atoms with Gasteiger partial charge in [-0.3, -0.25) is 9.30 Å². The number of hydrogen-bond acceptors (Lipinski definition) is 6. The standard InChI is InChI=1S/C34H33F2N5O2S/c1-3-28-32(27-10-9-26(20(2)31(27)36)33-39-29(19-44-33)22-4-7-24(35)8-5-22)41-17-23(6-11-30(41)38-28)21-12-14-40(15-13-21)18-25-16-37-34(42)43-25/h4-11,17,19,21,25H,3,12-16,18H2,1-2H3,(H,37,42). The van der Waals surface area contributed by atoms with Crippen molar-refractivity contribution in [3.8, 4) is 33.1 Å². The molecule has 1 unspecified atom stereocenters. The second-order valence-electron chi connectivity index (χ2n) is 11.6. The minimum atomic E-state index is -0.332. The molecule has 1 atom stereocenters. The number of imidazole rings is 1. The van der Waals surface area contributed by atoms with Crippen LogP contribution < -0.4 is 5.32 Å². The van der Waals surface area contributed by atoms with Crippen LogP contribution >= 0.6 is 11.3 Å². The summed E-state index contributed by atoms with van der Waals surface area (Å²) in [6, 6.07) is 14.2. The highest BCUT2D eigenvalue weighted by atomic mass is 32.1. The van der Waals surface area contributed by atoms with Crippen molar-refractivity contribution in [2.45, 2.75) is 45.1 Å². The highest BCUT2D eigenvalue weighted by Crippen LogP contribution is 2.37. The van der Waals surface area contributed by atoms with E-state index in [1.54, 1.807) is 19.1 Å². The van der Waals surface area contributed by atoms with E-state index in [4.69, 9.17) is 14.7 Å². The number of fused-ring (bicyclic) bond motifs is 1. The first-order valence-corrected chi connectivity index (χ1v) is 15.9. The number of aromatic nitrogens is 3. The maximum Gasteiger partial charge on any atom is 0.407 e. The fourth-order valence-electron chi connectivity index (χ4n) is 6.40. The Bertz CT molecular complexity index is 1840. The number of pyridine rings is 1. The number of thiazole rings is 1. The van der Waals surface area contributed by atoms with Gasteiger partial charge in [-0.15, -0.1) is 11.3 Å². The molecule has 0 bridgehead atoms. The molecule has 0 saturated carbocycles. The molecule has 2 fully saturated rings. The average Bonchev–Trinajstić information content (AvgIpc) is 3.78. The van der Waals surface area contributed by atoms with Crippen LogP contribution in [-0.4, -0.2) is 57.6 Å². The Kier molecular flexibility index (Phi) is 7.63. The zero-order chi connectivity index (χ0) is 30.4. The fourth-order valence-corrected chi connectivity index (χ4v) is 7.32. The number of rotatable bonds is 7. The van der Waals surface area contributed by atoms with Crippen LogP contribution in [-0.2, 0) is 11.2 Å². The van der Waals surface area contributed by atoms with Crippen LogP contribution in [0.25, 0.3) is 38.7 Å². The highest BCUT2D eigenvalue weighted by Gasteiger charge is 2.28. The molecule has 5 heterocycles. The van der Waals surface area contributed by atoms with Crippen LogP contribution in [0.5, 0.6) is 0 Å². The Labute approximate surface area is 258 Å². The lowest BCUT2D eigenvalue weighted by Crippen LogP contribution is -2.39. The summed E-state index contributed by atoms with van der Waals surface area (Å²) in [5.41, 5.74) is 7.03. The molecular weight excluding hydrogens is 580 g/mol. The molecule has 5 aromatic rings. The lowest BCUT2D eigenvalue weighted by molar-refractivity contribution is 0.0974. The molecule has 10 heteroatoms. The largest absolute Gasteiger partial charge is 0.443 e. The number of nitrogens with one attached hydrogen (secondary N) is 1. The van der Waals surface area contributed by atoms with Crippen LogP contribution in [0, 0.1) is 18.6 Å². The van der Waals surface area contributed by atoms with Crippen LogP contribution in [0.2, 0.25) is 0 Å². The van der Waals surface area contributed by atoms with Gasteiger partial charge in [0, 0.05) is 34.8 Å². The van der Waals surface area contributed by atoms with Crippen molar-refractivity contribution >= 4 is 23.1 Å². The van der Waals surface area contributed by atoms with Crippen molar-refractivity contribution in [1.29, 1.82) is 0 Å². The van der Waals surface area contributed by atoms with Gasteiger partial charge in [-0.05, 0) is 92.7 Å². The van der Waals surface area contributed by atoms with Crippen molar-refractivity contribution < 1.29 is 18.3 Å². The molecule has 3 aromatic heterocycles. The number of cyclic esters (lactones) is 1. The van der Waals surface area contributed by atoms with E-state index in [2.05, 4.69) is 26.9 Å². The smallest absolute Gasteiger partial charge is 0.407 e. The normalized spacial score (nSPS) is 17.7. The number of aryl methyl sites for hydroxylation is 1. The number of carbonyl (C=O) groups excluding carboxylic acids is 1. The maximum absolute atomic E-state index is 16.3. The SMILES string of the molecule is CCc1nc2ccc(C3CCN(CC4CNC(=O)O4)CC3)cn2c1-c1ccc(-c2nc(-c3ccc(F)cc3)cs2)c(C)c1F. The van der Waals surface area contributed by atoms with E-state index >= 15 is 4.39 Å². The maximum atomic E-state index is 16.3. The Balaban J connectivity index is 1.16. The molecular formula is C34H33F2N5O2S. The van der Waals surface area contributed by atoms with E-state index < -0.39 is 0 Å². The van der Waals surface area contributed by atoms with Gasteiger partial charge in [-0.2, -0.15) is 0 Å². The predicted octanol–water partition coefficient (Wildman–Crippen LogP) is 7.23. The van der Waals surface area contributed by atoms with E-state index in [0.717, 1.165) is 71.3 Å². The molecule has 226 valence electrons. The number of nitrogens with zero attached hydrogens (tertiary/aromatic N) is 4. The zero-order valence-corrected chi connectivity index (χ0v) is 25.5. The molecule has 2 aliphatic heterocycles. The van der Waals surface area contributed by atoms with E-state index in [0.29, 0.717) is 30.0 Å². The Morgan fingerprint density at radius 1 is 1.02 bits per heavy atom. The van der Waals surface area contributed by atoms with Gasteiger partial charge in [-0.25, -0.2) is 23.5 Å². The van der Waals surface area contributed by atoms with Crippen LogP contribution in [0.4, 0.5) is 13.6 Å². The number of ether oxygens (including phenoxy) is 1. The van der Waals surface area contributed by atoms with Gasteiger partial charge in [0.25, 0.3) is 0 Å². The minimum absolute atomic E-state index is 0.0893. The van der Waals surface area contributed by atoms with Crippen molar-refractivity contribution in [3.05, 3.63) is 88.6 Å². The van der Waals surface area contributed by atoms with Crippen LogP contribution in [0.15, 0.2) is 60.1 Å². The first-order chi connectivity index (χ1) is 21.4. The number of alkyl carbamates (subject to hydrolysis) is 1. The monoisotopic (exact) mass is 613 g/mol. The third-order valence-electron chi connectivity index (χ3n) is 8.83. The molecule has 0 aliphatic carbocycles. The Morgan fingerprint density at radius 2 is 1.80 bits per heavy atom. The van der Waals surface area contributed by atoms with Gasteiger partial charge in [0.15, 0.2) is 0 Å². The summed E-state index contributed by atoms with van der Waals surface area (Å²) in [5, 5.41) is 5.36. The predicted molar refractivity (Wildman–Crippen MR) is 168 cm³/mol. The molecule has 2 aliphatic rings. The Morgan fingerprint density at radius 3 is 2.52 bits per heavy atom. The molecule has 44 heavy (non-hydrogen) atoms. The summed E-state index contributed by atoms with van der Waals surface area (Å²) in [5.74, 6) is -0.190. The first kappa shape index (κ1) is 28.6. The Hall–Kier alpha value is -4.15. The van der Waals surface area contributed by atoms with E-state index in [9.17, 15) is 9.18 Å². The summed E-state index contributed by atoms with van der Waals surface area (Å²) < 4.78 is 37.0. The number of halogens is 2. The first-order valence-electron chi connectivity index (χ1n) is 15.1. The molecule has 7 nitrogen and oxygen atoms in total. The molecule has 2 aromatic carbocycles. The zero-order valence-electron chi connectivity index (χ0n) is 24.6. The van der Waals surface area contributed by atoms with E-state index in [1.807, 2.05) is 30.5 Å². The van der Waals surface area contributed by atoms with Crippen LogP contribution in [0.3, 0.4) is 0 Å². The van der Waals surface area contributed by atoms with Gasteiger partial charge in [0.05, 0.1) is 23.6 Å². The topological polar surface area (TPSA) is 71.8 Å². The summed E-state index contributed by atoms with van der Waals surface area (Å²) >= 11 is 1.45. The molecule has 0 spiro atoms. The number of benzene rings is 2. The summed E-state index contributed by atoms with van der Waals surface area (Å²) in [6.07, 6.45) is 4.40. The van der Waals surface area contributed by atoms with Gasteiger partial charge in [0.2, 0.25) is 0 Å². The summed E-state index contributed by atoms with van der Waals surface area (Å²) in [6.45, 7) is 7.02. The number of carbonyl (C=O) groups is 1. The fraction of sp³-hybridized carbons (Fsp3) is 0.324. The highest BCUT2D eigenvalue weighted by molar-refractivity contribution is 7.13. The van der Waals surface area contributed by atoms with Gasteiger partial charge in [-0.1, -0.05) is 19.1 Å². The van der Waals surface area contributed by atoms with Crippen LogP contribution in [0.1, 0.15) is 42.5 Å². The van der Waals surface area contributed by atoms with Gasteiger partial charge < -0.3 is 10.1 Å². The van der Waals surface area contributed by atoms with Crippen molar-refractivity contribution in [2.75, 3.05) is 26.2 Å². The number of amides is 1. The van der Waals surface area contributed by atoms with Crippen molar-refractivity contribution in [3.63, 3.8) is 0 Å². The van der Waals surface area contributed by atoms with E-state index in [1.165, 1.54) is 29.0 Å². The second-order valence-corrected chi connectivity index (χ2v) is 12.4. The molecule has 7 rings (SSSR count). The van der Waals surface area contributed by atoms with Gasteiger partial charge in [0.1, 0.15) is 28.4 Å². The third-order valence-corrected chi connectivity index (χ3v) is 9.71. The second kappa shape index (κ2) is 11.7. The lowest BCUT2D eigenvalue weighted by atomic mass is 9.90. The number of likely N-dealkylation sites (tertiary alicyclic amines) is 1. The lowest BCUT2D eigenvalue weighted by Gasteiger charge is -2.33. The quantitative estimate of drug-likeness (QED) is 0.210. The number of piperidine rings is 1. The minimum Gasteiger partial charge on any atom is -0.443 e. The molecule has 1 amide bonds. The summed E-state index contributed by atoms with van der Waals surface area (Å²) in [4.78, 5) is 23.4. The van der Waals surface area contributed by atoms with E-state index in [-0.39, 0.29) is 23.8 Å². The summed E-state index contributed by atoms with van der Waals surface area (Å²) in [7, 11) is 0. The number of hydrogen-bond donors (Lipinski definition) is 1. The third kappa shape index (κ3) is 5.37. The molecule has 2 saturated heterocycles. The molecule has 0 radical (unpaired) electrons. The van der Waals surface area contributed by atoms with Gasteiger partial charge >= 0.3 is 6.09 Å². The van der Waals surface area contributed by atoms with Crippen molar-refractivity contribution in [1.82, 2.24) is 24.6 Å². The average molecular weight is 614 g/mol. The van der Waals surface area contributed by atoms with Crippen molar-refractivity contribution in [2.24, 2.45) is 0 Å².